The smallest absolute Gasteiger partial charge is 0.162 e. The lowest BCUT2D eigenvalue weighted by Crippen LogP contribution is -2.42. The Morgan fingerprint density at radius 1 is 1.17 bits per heavy atom. The SMILES string of the molecule is Cc1ccccc1[C@H]1C(C#N)=C2N=C(N)c3c(sc4c3CCCCC4)N2C2=C1C(=O)CC(C)(C)C2. The number of nitrogens with zero attached hydrogens (tertiary/aromatic N) is 3. The molecule has 0 saturated carbocycles. The lowest BCUT2D eigenvalue weighted by molar-refractivity contribution is -0.118. The van der Waals surface area contributed by atoms with Crippen molar-refractivity contribution in [3.8, 4) is 6.07 Å². The molecule has 2 aromatic rings. The summed E-state index contributed by atoms with van der Waals surface area (Å²) < 4.78 is 0. The largest absolute Gasteiger partial charge is 0.383 e. The van der Waals surface area contributed by atoms with E-state index in [2.05, 4.69) is 24.8 Å². The summed E-state index contributed by atoms with van der Waals surface area (Å²) in [6.07, 6.45) is 6.88. The van der Waals surface area contributed by atoms with Crippen LogP contribution in [-0.4, -0.2) is 11.6 Å². The van der Waals surface area contributed by atoms with Crippen molar-refractivity contribution in [2.75, 3.05) is 4.90 Å². The molecular weight excluding hydrogens is 452 g/mol. The van der Waals surface area contributed by atoms with Gasteiger partial charge in [0.25, 0.3) is 0 Å². The second-order valence-corrected chi connectivity index (χ2v) is 12.1. The first-order valence-electron chi connectivity index (χ1n) is 12.6. The first-order valence-corrected chi connectivity index (χ1v) is 13.4. The molecule has 0 fully saturated rings. The third-order valence-corrected chi connectivity index (χ3v) is 9.18. The quantitative estimate of drug-likeness (QED) is 0.503. The number of carbonyl (C=O) groups is 1. The van der Waals surface area contributed by atoms with Crippen LogP contribution in [0.25, 0.3) is 0 Å². The Labute approximate surface area is 210 Å². The predicted octanol–water partition coefficient (Wildman–Crippen LogP) is 6.03. The Bertz CT molecular complexity index is 1410. The summed E-state index contributed by atoms with van der Waals surface area (Å²) >= 11 is 1.79. The third-order valence-electron chi connectivity index (χ3n) is 7.90. The Kier molecular flexibility index (Phi) is 5.05. The summed E-state index contributed by atoms with van der Waals surface area (Å²) in [6.45, 7) is 6.37. The van der Waals surface area contributed by atoms with Gasteiger partial charge in [0.2, 0.25) is 0 Å². The maximum absolute atomic E-state index is 13.8. The highest BCUT2D eigenvalue weighted by atomic mass is 32.1. The summed E-state index contributed by atoms with van der Waals surface area (Å²) in [4.78, 5) is 22.3. The molecule has 6 rings (SSSR count). The number of carbonyl (C=O) groups excluding carboxylic acids is 1. The number of hydrogen-bond acceptors (Lipinski definition) is 6. The molecule has 0 radical (unpaired) electrons. The van der Waals surface area contributed by atoms with Crippen molar-refractivity contribution in [3.63, 3.8) is 0 Å². The highest BCUT2D eigenvalue weighted by Crippen LogP contribution is 2.55. The molecule has 1 aromatic carbocycles. The van der Waals surface area contributed by atoms with Gasteiger partial charge in [-0.3, -0.25) is 9.69 Å². The lowest BCUT2D eigenvalue weighted by Gasteiger charge is -2.44. The van der Waals surface area contributed by atoms with Crippen molar-refractivity contribution in [2.24, 2.45) is 16.1 Å². The first kappa shape index (κ1) is 22.3. The number of allylic oxidation sites excluding steroid dienone is 3. The van der Waals surface area contributed by atoms with Gasteiger partial charge in [-0.2, -0.15) is 5.26 Å². The minimum Gasteiger partial charge on any atom is -0.383 e. The number of Topliss-reactive ketones (excluding diaryl/α,β-unsaturated/α-hetero) is 1. The monoisotopic (exact) mass is 482 g/mol. The Hall–Kier alpha value is -3.17. The van der Waals surface area contributed by atoms with E-state index < -0.39 is 5.92 Å². The van der Waals surface area contributed by atoms with Crippen LogP contribution < -0.4 is 10.6 Å². The van der Waals surface area contributed by atoms with E-state index >= 15 is 0 Å². The standard InChI is InChI=1S/C29H30N4OS/c1-16-9-7-8-10-17(16)23-19(15-30)27-32-26(31)24-18-11-5-4-6-12-22(18)35-28(24)33(27)20-13-29(2,3)14-21(34)25(20)23/h7-10,23H,4-6,11-14H2,1-3H3,(H2,31,32)/t23-/m0/s1. The number of aliphatic imine (C=N–C) groups is 1. The van der Waals surface area contributed by atoms with Crippen molar-refractivity contribution in [3.05, 3.63) is 74.1 Å². The summed E-state index contributed by atoms with van der Waals surface area (Å²) in [7, 11) is 0. The zero-order valence-electron chi connectivity index (χ0n) is 20.6. The molecule has 6 heteroatoms. The van der Waals surface area contributed by atoms with E-state index in [1.165, 1.54) is 23.3 Å². The minimum atomic E-state index is -0.415. The van der Waals surface area contributed by atoms with Crippen LogP contribution in [0.15, 0.2) is 51.9 Å². The van der Waals surface area contributed by atoms with E-state index in [4.69, 9.17) is 10.7 Å². The van der Waals surface area contributed by atoms with Crippen LogP contribution in [0, 0.1) is 23.7 Å². The summed E-state index contributed by atoms with van der Waals surface area (Å²) in [5.41, 5.74) is 13.2. The van der Waals surface area contributed by atoms with Crippen molar-refractivity contribution in [2.45, 2.75) is 71.6 Å². The number of rotatable bonds is 1. The lowest BCUT2D eigenvalue weighted by atomic mass is 9.68. The summed E-state index contributed by atoms with van der Waals surface area (Å²) in [5.74, 6) is 0.833. The number of amidine groups is 1. The van der Waals surface area contributed by atoms with Crippen LogP contribution in [0.3, 0.4) is 0 Å². The number of nitriles is 1. The van der Waals surface area contributed by atoms with E-state index in [-0.39, 0.29) is 11.2 Å². The van der Waals surface area contributed by atoms with Crippen molar-refractivity contribution < 1.29 is 4.79 Å². The van der Waals surface area contributed by atoms with Crippen LogP contribution in [0.1, 0.15) is 79.0 Å². The van der Waals surface area contributed by atoms with Gasteiger partial charge in [-0.25, -0.2) is 4.99 Å². The fourth-order valence-corrected chi connectivity index (χ4v) is 7.76. The van der Waals surface area contributed by atoms with Crippen LogP contribution in [-0.2, 0) is 17.6 Å². The molecule has 0 unspecified atom stereocenters. The molecule has 2 aliphatic carbocycles. The molecule has 178 valence electrons. The molecule has 4 aliphatic rings. The number of aryl methyl sites for hydroxylation is 2. The molecular formula is C29H30N4OS. The van der Waals surface area contributed by atoms with Crippen molar-refractivity contribution >= 4 is 28.0 Å². The average Bonchev–Trinajstić information content (AvgIpc) is 3.01. The number of thiophene rings is 1. The van der Waals surface area contributed by atoms with Gasteiger partial charge in [-0.1, -0.05) is 44.5 Å². The molecule has 1 aromatic heterocycles. The van der Waals surface area contributed by atoms with E-state index in [0.29, 0.717) is 23.7 Å². The maximum atomic E-state index is 13.8. The Balaban J connectivity index is 1.66. The fourth-order valence-electron chi connectivity index (χ4n) is 6.34. The molecule has 2 N–H and O–H groups in total. The average molecular weight is 483 g/mol. The van der Waals surface area contributed by atoms with E-state index in [9.17, 15) is 10.1 Å². The minimum absolute atomic E-state index is 0.137. The van der Waals surface area contributed by atoms with Crippen LogP contribution in [0.2, 0.25) is 0 Å². The zero-order chi connectivity index (χ0) is 24.5. The van der Waals surface area contributed by atoms with Crippen LogP contribution >= 0.6 is 11.3 Å². The molecule has 35 heavy (non-hydrogen) atoms. The van der Waals surface area contributed by atoms with Gasteiger partial charge in [0.1, 0.15) is 10.8 Å². The van der Waals surface area contributed by atoms with Crippen LogP contribution in [0.5, 0.6) is 0 Å². The maximum Gasteiger partial charge on any atom is 0.162 e. The molecule has 0 saturated heterocycles. The Morgan fingerprint density at radius 3 is 2.71 bits per heavy atom. The van der Waals surface area contributed by atoms with Crippen molar-refractivity contribution in [1.82, 2.24) is 0 Å². The number of ketones is 1. The van der Waals surface area contributed by atoms with Gasteiger partial charge < -0.3 is 5.73 Å². The second kappa shape index (κ2) is 7.93. The second-order valence-electron chi connectivity index (χ2n) is 11.0. The van der Waals surface area contributed by atoms with E-state index in [1.54, 1.807) is 11.3 Å². The van der Waals surface area contributed by atoms with Crippen LogP contribution in [0.4, 0.5) is 5.00 Å². The molecule has 2 aliphatic heterocycles. The fraction of sp³-hybridized carbons (Fsp3) is 0.414. The highest BCUT2D eigenvalue weighted by molar-refractivity contribution is 7.17. The molecule has 0 bridgehead atoms. The normalized spacial score (nSPS) is 23.0. The first-order chi connectivity index (χ1) is 16.8. The highest BCUT2D eigenvalue weighted by Gasteiger charge is 2.47. The number of fused-ring (bicyclic) bond motifs is 6. The van der Waals surface area contributed by atoms with Gasteiger partial charge in [-0.05, 0) is 61.1 Å². The topological polar surface area (TPSA) is 82.5 Å². The van der Waals surface area contributed by atoms with E-state index in [1.807, 2.05) is 31.2 Å². The number of benzene rings is 1. The molecule has 3 heterocycles. The molecule has 1 atom stereocenters. The van der Waals surface area contributed by atoms with E-state index in [0.717, 1.165) is 58.6 Å². The van der Waals surface area contributed by atoms with Gasteiger partial charge in [0, 0.05) is 22.6 Å². The van der Waals surface area contributed by atoms with Gasteiger partial charge >= 0.3 is 0 Å². The molecule has 5 nitrogen and oxygen atoms in total. The number of hydrogen-bond donors (Lipinski definition) is 1. The third kappa shape index (κ3) is 3.32. The molecule has 0 amide bonds. The van der Waals surface area contributed by atoms with Gasteiger partial charge in [0.05, 0.1) is 23.1 Å². The number of nitrogens with two attached hydrogens (primary N) is 1. The summed E-state index contributed by atoms with van der Waals surface area (Å²) in [6, 6.07) is 10.5. The Morgan fingerprint density at radius 2 is 1.94 bits per heavy atom. The molecule has 0 spiro atoms. The van der Waals surface area contributed by atoms with Gasteiger partial charge in [-0.15, -0.1) is 11.3 Å². The van der Waals surface area contributed by atoms with Gasteiger partial charge in [0.15, 0.2) is 11.6 Å². The predicted molar refractivity (Wildman–Crippen MR) is 140 cm³/mol. The van der Waals surface area contributed by atoms with Crippen molar-refractivity contribution in [1.29, 1.82) is 5.26 Å². The summed E-state index contributed by atoms with van der Waals surface area (Å²) in [5, 5.41) is 11.5. The number of anilines is 1. The zero-order valence-corrected chi connectivity index (χ0v) is 21.4.